The number of aromatic amines is 1. The van der Waals surface area contributed by atoms with E-state index in [0.29, 0.717) is 27.9 Å². The minimum atomic E-state index is -0.534. The molecule has 3 aromatic rings. The number of H-pyrrole nitrogens is 1. The predicted molar refractivity (Wildman–Crippen MR) is 75.9 cm³/mol. The molecule has 5 heteroatoms. The molecule has 3 N–H and O–H groups in total. The van der Waals surface area contributed by atoms with Gasteiger partial charge < -0.3 is 10.2 Å². The molecule has 0 aliphatic carbocycles. The van der Waals surface area contributed by atoms with Crippen molar-refractivity contribution in [1.29, 1.82) is 0 Å². The third-order valence-corrected chi connectivity index (χ3v) is 3.18. The Hall–Kier alpha value is -2.82. The van der Waals surface area contributed by atoms with Gasteiger partial charge in [-0.25, -0.2) is 4.79 Å². The summed E-state index contributed by atoms with van der Waals surface area (Å²) in [5.41, 5.74) is 9.09. The lowest BCUT2D eigenvalue weighted by Crippen LogP contribution is -2.04. The van der Waals surface area contributed by atoms with Gasteiger partial charge in [0.15, 0.2) is 11.4 Å². The fourth-order valence-corrected chi connectivity index (χ4v) is 2.18. The Morgan fingerprint density at radius 2 is 2.00 bits per heavy atom. The van der Waals surface area contributed by atoms with Gasteiger partial charge in [0, 0.05) is 16.8 Å². The first-order valence-corrected chi connectivity index (χ1v) is 6.08. The number of hydrogen-bond donors (Lipinski definition) is 2. The molecule has 0 radical (unpaired) electrons. The molecule has 0 saturated heterocycles. The standard InChI is InChI=1S/C15H12N2O3/c1-8-6-10(16)3-4-11(8)14(18)9-2-5-12-13(7-9)20-15(19)17-12/h2-7H,16H2,1H3,(H,17,19). The van der Waals surface area contributed by atoms with Crippen LogP contribution in [0.15, 0.2) is 45.6 Å². The molecule has 0 saturated carbocycles. The zero-order valence-corrected chi connectivity index (χ0v) is 10.8. The van der Waals surface area contributed by atoms with Gasteiger partial charge in [-0.15, -0.1) is 0 Å². The van der Waals surface area contributed by atoms with Crippen LogP contribution in [-0.4, -0.2) is 10.8 Å². The number of oxazole rings is 1. The third-order valence-electron chi connectivity index (χ3n) is 3.18. The van der Waals surface area contributed by atoms with Crippen LogP contribution in [0.1, 0.15) is 21.5 Å². The van der Waals surface area contributed by atoms with E-state index in [0.717, 1.165) is 5.56 Å². The van der Waals surface area contributed by atoms with Crippen LogP contribution in [0.4, 0.5) is 5.69 Å². The number of anilines is 1. The van der Waals surface area contributed by atoms with Gasteiger partial charge >= 0.3 is 5.76 Å². The molecule has 0 aliphatic rings. The first kappa shape index (κ1) is 12.2. The number of hydrogen-bond acceptors (Lipinski definition) is 4. The summed E-state index contributed by atoms with van der Waals surface area (Å²) in [5.74, 6) is -0.665. The molecular formula is C15H12N2O3. The zero-order chi connectivity index (χ0) is 14.3. The maximum atomic E-state index is 12.5. The van der Waals surface area contributed by atoms with E-state index in [4.69, 9.17) is 10.2 Å². The van der Waals surface area contributed by atoms with Crippen LogP contribution in [0.25, 0.3) is 11.1 Å². The van der Waals surface area contributed by atoms with Gasteiger partial charge in [-0.05, 0) is 48.9 Å². The highest BCUT2D eigenvalue weighted by Crippen LogP contribution is 2.19. The van der Waals surface area contributed by atoms with Crippen LogP contribution in [-0.2, 0) is 0 Å². The summed E-state index contributed by atoms with van der Waals surface area (Å²) in [7, 11) is 0. The number of nitrogens with one attached hydrogen (secondary N) is 1. The number of carbonyl (C=O) groups is 1. The minimum absolute atomic E-state index is 0.131. The minimum Gasteiger partial charge on any atom is -0.408 e. The molecule has 20 heavy (non-hydrogen) atoms. The summed E-state index contributed by atoms with van der Waals surface area (Å²) in [4.78, 5) is 26.1. The summed E-state index contributed by atoms with van der Waals surface area (Å²) in [6, 6.07) is 10.0. The molecule has 100 valence electrons. The highest BCUT2D eigenvalue weighted by Gasteiger charge is 2.13. The Morgan fingerprint density at radius 1 is 1.20 bits per heavy atom. The number of fused-ring (bicyclic) bond motifs is 1. The second-order valence-corrected chi connectivity index (χ2v) is 4.63. The molecular weight excluding hydrogens is 256 g/mol. The SMILES string of the molecule is Cc1cc(N)ccc1C(=O)c1ccc2[nH]c(=O)oc2c1. The lowest BCUT2D eigenvalue weighted by molar-refractivity contribution is 0.103. The van der Waals surface area contributed by atoms with E-state index in [9.17, 15) is 9.59 Å². The van der Waals surface area contributed by atoms with Gasteiger partial charge in [0.1, 0.15) is 0 Å². The van der Waals surface area contributed by atoms with Gasteiger partial charge in [0.25, 0.3) is 0 Å². The number of aromatic nitrogens is 1. The van der Waals surface area contributed by atoms with E-state index < -0.39 is 5.76 Å². The molecule has 0 amide bonds. The summed E-state index contributed by atoms with van der Waals surface area (Å²) in [6.07, 6.45) is 0. The largest absolute Gasteiger partial charge is 0.417 e. The molecule has 0 spiro atoms. The van der Waals surface area contributed by atoms with Crippen molar-refractivity contribution in [3.63, 3.8) is 0 Å². The van der Waals surface area contributed by atoms with E-state index in [1.165, 1.54) is 0 Å². The molecule has 0 fully saturated rings. The van der Waals surface area contributed by atoms with Crippen LogP contribution in [0.5, 0.6) is 0 Å². The second-order valence-electron chi connectivity index (χ2n) is 4.63. The molecule has 2 aromatic carbocycles. The van der Waals surface area contributed by atoms with Gasteiger partial charge in [-0.2, -0.15) is 0 Å². The van der Waals surface area contributed by atoms with E-state index in [1.807, 2.05) is 6.92 Å². The number of aryl methyl sites for hydroxylation is 1. The summed E-state index contributed by atoms with van der Waals surface area (Å²) in [5, 5.41) is 0. The fraction of sp³-hybridized carbons (Fsp3) is 0.0667. The number of carbonyl (C=O) groups excluding carboxylic acids is 1. The average molecular weight is 268 g/mol. The maximum Gasteiger partial charge on any atom is 0.417 e. The van der Waals surface area contributed by atoms with Crippen LogP contribution in [0.2, 0.25) is 0 Å². The molecule has 0 bridgehead atoms. The summed E-state index contributed by atoms with van der Waals surface area (Å²) < 4.78 is 4.96. The first-order valence-electron chi connectivity index (χ1n) is 6.08. The van der Waals surface area contributed by atoms with Crippen molar-refractivity contribution >= 4 is 22.6 Å². The average Bonchev–Trinajstić information content (AvgIpc) is 2.77. The number of nitrogen functional groups attached to an aromatic ring is 1. The van der Waals surface area contributed by atoms with Crippen LogP contribution in [0.3, 0.4) is 0 Å². The van der Waals surface area contributed by atoms with Crippen molar-refractivity contribution < 1.29 is 9.21 Å². The number of rotatable bonds is 2. The maximum absolute atomic E-state index is 12.5. The van der Waals surface area contributed by atoms with Crippen LogP contribution < -0.4 is 11.5 Å². The van der Waals surface area contributed by atoms with Crippen molar-refractivity contribution in [2.24, 2.45) is 0 Å². The number of benzene rings is 2. The van der Waals surface area contributed by atoms with Gasteiger partial charge in [-0.1, -0.05) is 0 Å². The van der Waals surface area contributed by atoms with E-state index in [2.05, 4.69) is 4.98 Å². The van der Waals surface area contributed by atoms with E-state index in [1.54, 1.807) is 36.4 Å². The van der Waals surface area contributed by atoms with Gasteiger partial charge in [0.2, 0.25) is 0 Å². The zero-order valence-electron chi connectivity index (χ0n) is 10.8. The Kier molecular flexibility index (Phi) is 2.68. The van der Waals surface area contributed by atoms with E-state index >= 15 is 0 Å². The van der Waals surface area contributed by atoms with Crippen molar-refractivity contribution in [3.05, 3.63) is 63.6 Å². The number of nitrogens with two attached hydrogens (primary N) is 1. The molecule has 3 rings (SSSR count). The monoisotopic (exact) mass is 268 g/mol. The highest BCUT2D eigenvalue weighted by molar-refractivity contribution is 6.11. The topological polar surface area (TPSA) is 89.1 Å². The molecule has 5 nitrogen and oxygen atoms in total. The quantitative estimate of drug-likeness (QED) is 0.551. The Balaban J connectivity index is 2.09. The highest BCUT2D eigenvalue weighted by atomic mass is 16.4. The molecule has 1 heterocycles. The number of ketones is 1. The van der Waals surface area contributed by atoms with Gasteiger partial charge in [0.05, 0.1) is 5.52 Å². The van der Waals surface area contributed by atoms with Crippen molar-refractivity contribution in [2.75, 3.05) is 5.73 Å². The first-order chi connectivity index (χ1) is 9.54. The molecule has 1 aromatic heterocycles. The van der Waals surface area contributed by atoms with Gasteiger partial charge in [-0.3, -0.25) is 9.78 Å². The van der Waals surface area contributed by atoms with Crippen LogP contribution in [0, 0.1) is 6.92 Å². The predicted octanol–water partition coefficient (Wildman–Crippen LogP) is 2.24. The Labute approximate surface area is 114 Å². The lowest BCUT2D eigenvalue weighted by Gasteiger charge is -2.06. The summed E-state index contributed by atoms with van der Waals surface area (Å²) in [6.45, 7) is 1.83. The second kappa shape index (κ2) is 4.38. The fourth-order valence-electron chi connectivity index (χ4n) is 2.18. The van der Waals surface area contributed by atoms with Crippen molar-refractivity contribution in [3.8, 4) is 0 Å². The Morgan fingerprint density at radius 3 is 2.75 bits per heavy atom. The summed E-state index contributed by atoms with van der Waals surface area (Å²) >= 11 is 0. The van der Waals surface area contributed by atoms with Crippen molar-refractivity contribution in [2.45, 2.75) is 6.92 Å². The van der Waals surface area contributed by atoms with E-state index in [-0.39, 0.29) is 5.78 Å². The van der Waals surface area contributed by atoms with Crippen LogP contribution >= 0.6 is 0 Å². The molecule has 0 aliphatic heterocycles. The normalized spacial score (nSPS) is 10.8. The Bertz CT molecular complexity index is 874. The smallest absolute Gasteiger partial charge is 0.408 e. The lowest BCUT2D eigenvalue weighted by atomic mass is 9.98. The third kappa shape index (κ3) is 1.99. The molecule has 0 unspecified atom stereocenters. The molecule has 0 atom stereocenters. The van der Waals surface area contributed by atoms with Crippen molar-refractivity contribution in [1.82, 2.24) is 4.98 Å².